The molecule has 6 nitrogen and oxygen atoms in total. The van der Waals surface area contributed by atoms with E-state index in [-0.39, 0.29) is 24.0 Å². The number of aryl methyl sites for hydroxylation is 1. The standard InChI is InChI=1S/C13H14BrN3O3/c1-8-4-10(14)5-11(17(18)19)12(8)20-7-13(16,6-15)9-2-3-9/h4-5,9H,2-3,7,16H2,1H3. The summed E-state index contributed by atoms with van der Waals surface area (Å²) in [7, 11) is 0. The molecular formula is C13H14BrN3O3. The number of hydrogen-bond acceptors (Lipinski definition) is 5. The van der Waals surface area contributed by atoms with Gasteiger partial charge in [0.1, 0.15) is 12.1 Å². The third-order valence-corrected chi connectivity index (χ3v) is 3.84. The van der Waals surface area contributed by atoms with Crippen LogP contribution in [0.25, 0.3) is 0 Å². The normalized spacial score (nSPS) is 17.1. The number of nitrogens with zero attached hydrogens (tertiary/aromatic N) is 2. The van der Waals surface area contributed by atoms with Crippen LogP contribution in [0.15, 0.2) is 16.6 Å². The average molecular weight is 340 g/mol. The molecule has 0 aliphatic heterocycles. The maximum Gasteiger partial charge on any atom is 0.312 e. The van der Waals surface area contributed by atoms with Crippen LogP contribution in [-0.2, 0) is 0 Å². The fourth-order valence-corrected chi connectivity index (χ4v) is 2.63. The zero-order chi connectivity index (χ0) is 14.9. The van der Waals surface area contributed by atoms with Crippen molar-refractivity contribution < 1.29 is 9.66 Å². The van der Waals surface area contributed by atoms with E-state index < -0.39 is 10.5 Å². The lowest BCUT2D eigenvalue weighted by atomic mass is 9.98. The van der Waals surface area contributed by atoms with Crippen molar-refractivity contribution in [1.29, 1.82) is 5.26 Å². The van der Waals surface area contributed by atoms with Crippen LogP contribution in [0.2, 0.25) is 0 Å². The molecule has 0 aromatic heterocycles. The Hall–Kier alpha value is -1.65. The average Bonchev–Trinajstić information content (AvgIpc) is 3.21. The summed E-state index contributed by atoms with van der Waals surface area (Å²) >= 11 is 3.22. The molecule has 0 bridgehead atoms. The number of nitrogens with two attached hydrogens (primary N) is 1. The smallest absolute Gasteiger partial charge is 0.312 e. The van der Waals surface area contributed by atoms with Crippen molar-refractivity contribution in [2.45, 2.75) is 25.3 Å². The van der Waals surface area contributed by atoms with Gasteiger partial charge in [-0.25, -0.2) is 0 Å². The van der Waals surface area contributed by atoms with Gasteiger partial charge in [-0.3, -0.25) is 10.1 Å². The molecule has 1 aliphatic carbocycles. The van der Waals surface area contributed by atoms with Crippen molar-refractivity contribution >= 4 is 21.6 Å². The van der Waals surface area contributed by atoms with Crippen molar-refractivity contribution in [1.82, 2.24) is 0 Å². The number of ether oxygens (including phenoxy) is 1. The van der Waals surface area contributed by atoms with Gasteiger partial charge >= 0.3 is 5.69 Å². The third kappa shape index (κ3) is 2.92. The predicted octanol–water partition coefficient (Wildman–Crippen LogP) is 2.68. The summed E-state index contributed by atoms with van der Waals surface area (Å²) in [6.45, 7) is 1.67. The molecular weight excluding hydrogens is 326 g/mol. The Morgan fingerprint density at radius 1 is 1.65 bits per heavy atom. The minimum absolute atomic E-state index is 0.0442. The van der Waals surface area contributed by atoms with E-state index in [2.05, 4.69) is 22.0 Å². The molecule has 0 spiro atoms. The Morgan fingerprint density at radius 2 is 2.30 bits per heavy atom. The SMILES string of the molecule is Cc1cc(Br)cc([N+](=O)[O-])c1OCC(N)(C#N)C1CC1. The second-order valence-electron chi connectivity index (χ2n) is 5.04. The molecule has 0 amide bonds. The van der Waals surface area contributed by atoms with Crippen molar-refractivity contribution in [3.05, 3.63) is 32.3 Å². The molecule has 106 valence electrons. The number of hydrogen-bond donors (Lipinski definition) is 1. The van der Waals surface area contributed by atoms with Gasteiger partial charge in [0.15, 0.2) is 5.75 Å². The Labute approximate surface area is 124 Å². The molecule has 1 unspecified atom stereocenters. The largest absolute Gasteiger partial charge is 0.484 e. The molecule has 2 rings (SSSR count). The minimum Gasteiger partial charge on any atom is -0.484 e. The second-order valence-corrected chi connectivity index (χ2v) is 5.96. The zero-order valence-corrected chi connectivity index (χ0v) is 12.5. The monoisotopic (exact) mass is 339 g/mol. The lowest BCUT2D eigenvalue weighted by molar-refractivity contribution is -0.386. The summed E-state index contributed by atoms with van der Waals surface area (Å²) < 4.78 is 6.14. The highest BCUT2D eigenvalue weighted by molar-refractivity contribution is 9.10. The van der Waals surface area contributed by atoms with E-state index in [1.165, 1.54) is 6.07 Å². The lowest BCUT2D eigenvalue weighted by Crippen LogP contribution is -2.46. The Bertz CT molecular complexity index is 595. The number of nitro benzene ring substituents is 1. The van der Waals surface area contributed by atoms with Crippen LogP contribution in [0.5, 0.6) is 5.75 Å². The first-order valence-corrected chi connectivity index (χ1v) is 6.94. The molecule has 1 aliphatic rings. The number of rotatable bonds is 5. The molecule has 1 aromatic carbocycles. The van der Waals surface area contributed by atoms with Crippen LogP contribution < -0.4 is 10.5 Å². The summed E-state index contributed by atoms with van der Waals surface area (Å²) in [5, 5.41) is 20.2. The quantitative estimate of drug-likeness (QED) is 0.656. The van der Waals surface area contributed by atoms with Gasteiger partial charge in [-0.15, -0.1) is 0 Å². The van der Waals surface area contributed by atoms with E-state index in [1.807, 2.05) is 0 Å². The molecule has 1 aromatic rings. The van der Waals surface area contributed by atoms with Crippen LogP contribution in [0.3, 0.4) is 0 Å². The Morgan fingerprint density at radius 3 is 2.80 bits per heavy atom. The molecule has 0 radical (unpaired) electrons. The van der Waals surface area contributed by atoms with Gasteiger partial charge in [-0.2, -0.15) is 5.26 Å². The Kier molecular flexibility index (Phi) is 3.97. The molecule has 0 saturated heterocycles. The first-order chi connectivity index (χ1) is 9.37. The molecule has 1 saturated carbocycles. The summed E-state index contributed by atoms with van der Waals surface area (Å²) in [6, 6.07) is 5.17. The van der Waals surface area contributed by atoms with Crippen LogP contribution >= 0.6 is 15.9 Å². The molecule has 1 atom stereocenters. The number of halogens is 1. The fourth-order valence-electron chi connectivity index (χ4n) is 2.07. The number of nitro groups is 1. The summed E-state index contributed by atoms with van der Waals surface area (Å²) in [4.78, 5) is 10.6. The highest BCUT2D eigenvalue weighted by Crippen LogP contribution is 2.40. The maximum atomic E-state index is 11.1. The molecule has 2 N–H and O–H groups in total. The van der Waals surface area contributed by atoms with Crippen LogP contribution in [0.4, 0.5) is 5.69 Å². The van der Waals surface area contributed by atoms with Crippen LogP contribution in [0.1, 0.15) is 18.4 Å². The highest BCUT2D eigenvalue weighted by Gasteiger charge is 2.43. The van der Waals surface area contributed by atoms with Gasteiger partial charge in [0, 0.05) is 10.5 Å². The van der Waals surface area contributed by atoms with E-state index >= 15 is 0 Å². The number of benzene rings is 1. The Balaban J connectivity index is 2.25. The number of nitriles is 1. The van der Waals surface area contributed by atoms with Gasteiger partial charge < -0.3 is 10.5 Å². The van der Waals surface area contributed by atoms with E-state index in [4.69, 9.17) is 15.7 Å². The topological polar surface area (TPSA) is 102 Å². The maximum absolute atomic E-state index is 11.1. The van der Waals surface area contributed by atoms with Crippen LogP contribution in [0, 0.1) is 34.3 Å². The summed E-state index contributed by atoms with van der Waals surface area (Å²) in [5.41, 5.74) is 5.41. The first kappa shape index (κ1) is 14.8. The fraction of sp³-hybridized carbons (Fsp3) is 0.462. The molecule has 20 heavy (non-hydrogen) atoms. The van der Waals surface area contributed by atoms with Gasteiger partial charge in [-0.05, 0) is 37.3 Å². The van der Waals surface area contributed by atoms with Gasteiger partial charge in [0.2, 0.25) is 0 Å². The van der Waals surface area contributed by atoms with E-state index in [0.29, 0.717) is 10.0 Å². The first-order valence-electron chi connectivity index (χ1n) is 6.15. The minimum atomic E-state index is -1.08. The summed E-state index contributed by atoms with van der Waals surface area (Å²) in [6.07, 6.45) is 1.80. The zero-order valence-electron chi connectivity index (χ0n) is 10.9. The third-order valence-electron chi connectivity index (χ3n) is 3.39. The highest BCUT2D eigenvalue weighted by atomic mass is 79.9. The van der Waals surface area contributed by atoms with Crippen molar-refractivity contribution in [2.75, 3.05) is 6.61 Å². The van der Waals surface area contributed by atoms with E-state index in [0.717, 1.165) is 12.8 Å². The molecule has 1 fully saturated rings. The van der Waals surface area contributed by atoms with E-state index in [9.17, 15) is 10.1 Å². The molecule has 7 heteroatoms. The summed E-state index contributed by atoms with van der Waals surface area (Å²) in [5.74, 6) is 0.284. The van der Waals surface area contributed by atoms with Gasteiger partial charge in [-0.1, -0.05) is 15.9 Å². The van der Waals surface area contributed by atoms with Gasteiger partial charge in [0.05, 0.1) is 11.0 Å². The lowest BCUT2D eigenvalue weighted by Gasteiger charge is -2.21. The van der Waals surface area contributed by atoms with E-state index in [1.54, 1.807) is 13.0 Å². The van der Waals surface area contributed by atoms with Crippen molar-refractivity contribution in [2.24, 2.45) is 11.7 Å². The second kappa shape index (κ2) is 5.38. The van der Waals surface area contributed by atoms with Crippen molar-refractivity contribution in [3.8, 4) is 11.8 Å². The molecule has 0 heterocycles. The van der Waals surface area contributed by atoms with Crippen LogP contribution in [-0.4, -0.2) is 17.1 Å². The van der Waals surface area contributed by atoms with Gasteiger partial charge in [0.25, 0.3) is 0 Å². The van der Waals surface area contributed by atoms with Crippen molar-refractivity contribution in [3.63, 3.8) is 0 Å². The predicted molar refractivity (Wildman–Crippen MR) is 76.3 cm³/mol.